The van der Waals surface area contributed by atoms with Crippen molar-refractivity contribution in [1.82, 2.24) is 0 Å². The lowest BCUT2D eigenvalue weighted by Crippen LogP contribution is -2.04. The first-order valence-corrected chi connectivity index (χ1v) is 3.90. The number of hydrogen-bond donors (Lipinski definition) is 2. The molecule has 1 aromatic carbocycles. The van der Waals surface area contributed by atoms with Gasteiger partial charge in [0.05, 0.1) is 4.47 Å². The fourth-order valence-corrected chi connectivity index (χ4v) is 1.11. The maximum Gasteiger partial charge on any atom is 0.420 e. The van der Waals surface area contributed by atoms with Crippen LogP contribution in [0.15, 0.2) is 16.6 Å². The minimum absolute atomic E-state index is 0.0120. The summed E-state index contributed by atoms with van der Waals surface area (Å²) in [6, 6.07) is 1.25. The Balaban J connectivity index is 3.32. The standard InChI is InChI=1S/C7H4BrF3O2/c8-4-2-5(12)3(1-6(4)13)7(9,10)11/h1-2,12-13H. The Morgan fingerprint density at radius 2 is 1.62 bits per heavy atom. The fraction of sp³-hybridized carbons (Fsp3) is 0.143. The van der Waals surface area contributed by atoms with Gasteiger partial charge < -0.3 is 10.2 Å². The summed E-state index contributed by atoms with van der Waals surface area (Å²) >= 11 is 2.77. The monoisotopic (exact) mass is 256 g/mol. The predicted octanol–water partition coefficient (Wildman–Crippen LogP) is 2.88. The lowest BCUT2D eigenvalue weighted by molar-refractivity contribution is -0.138. The molecule has 72 valence electrons. The molecule has 0 bridgehead atoms. The summed E-state index contributed by atoms with van der Waals surface area (Å²) < 4.78 is 36.2. The van der Waals surface area contributed by atoms with E-state index >= 15 is 0 Å². The van der Waals surface area contributed by atoms with Crippen molar-refractivity contribution in [2.45, 2.75) is 6.18 Å². The summed E-state index contributed by atoms with van der Waals surface area (Å²) in [6.45, 7) is 0. The van der Waals surface area contributed by atoms with Crippen LogP contribution < -0.4 is 0 Å². The topological polar surface area (TPSA) is 40.5 Å². The molecular weight excluding hydrogens is 253 g/mol. The molecule has 0 heterocycles. The highest BCUT2D eigenvalue weighted by Gasteiger charge is 2.34. The first-order chi connectivity index (χ1) is 5.82. The zero-order valence-corrected chi connectivity index (χ0v) is 7.65. The number of alkyl halides is 3. The molecule has 13 heavy (non-hydrogen) atoms. The molecule has 0 unspecified atom stereocenters. The zero-order valence-electron chi connectivity index (χ0n) is 6.06. The largest absolute Gasteiger partial charge is 0.507 e. The Kier molecular flexibility index (Phi) is 2.42. The molecule has 0 aliphatic carbocycles. The number of hydrogen-bond acceptors (Lipinski definition) is 2. The maximum atomic E-state index is 12.1. The molecule has 0 radical (unpaired) electrons. The average Bonchev–Trinajstić information content (AvgIpc) is 1.94. The molecule has 0 spiro atoms. The van der Waals surface area contributed by atoms with Crippen LogP contribution in [0.5, 0.6) is 11.5 Å². The number of aromatic hydroxyl groups is 2. The smallest absolute Gasteiger partial charge is 0.420 e. The third kappa shape index (κ3) is 2.06. The molecule has 6 heteroatoms. The SMILES string of the molecule is Oc1cc(C(F)(F)F)c(O)cc1Br. The van der Waals surface area contributed by atoms with Crippen molar-refractivity contribution >= 4 is 15.9 Å². The van der Waals surface area contributed by atoms with Gasteiger partial charge in [-0.3, -0.25) is 0 Å². The molecule has 2 N–H and O–H groups in total. The molecular formula is C7H4BrF3O2. The van der Waals surface area contributed by atoms with Crippen LogP contribution in [0.2, 0.25) is 0 Å². The Labute approximate surface area is 79.7 Å². The molecule has 2 nitrogen and oxygen atoms in total. The summed E-state index contributed by atoms with van der Waals surface area (Å²) in [5, 5.41) is 17.8. The molecule has 0 saturated heterocycles. The fourth-order valence-electron chi connectivity index (χ4n) is 0.778. The summed E-state index contributed by atoms with van der Waals surface area (Å²) in [5.41, 5.74) is -1.26. The van der Waals surface area contributed by atoms with Crippen molar-refractivity contribution in [1.29, 1.82) is 0 Å². The van der Waals surface area contributed by atoms with Crippen LogP contribution in [0.3, 0.4) is 0 Å². The molecule has 0 amide bonds. The minimum atomic E-state index is -4.66. The summed E-state index contributed by atoms with van der Waals surface area (Å²) in [5.74, 6) is -1.48. The van der Waals surface area contributed by atoms with E-state index in [1.165, 1.54) is 0 Å². The second-order valence-electron chi connectivity index (χ2n) is 2.32. The van der Waals surface area contributed by atoms with Gasteiger partial charge in [0.15, 0.2) is 0 Å². The van der Waals surface area contributed by atoms with E-state index in [1.807, 2.05) is 0 Å². The molecule has 0 aromatic heterocycles. The Morgan fingerprint density at radius 1 is 1.08 bits per heavy atom. The van der Waals surface area contributed by atoms with Gasteiger partial charge in [0.1, 0.15) is 17.1 Å². The van der Waals surface area contributed by atoms with E-state index in [2.05, 4.69) is 15.9 Å². The van der Waals surface area contributed by atoms with Gasteiger partial charge in [0.25, 0.3) is 0 Å². The zero-order chi connectivity index (χ0) is 10.2. The quantitative estimate of drug-likeness (QED) is 0.701. The van der Waals surface area contributed by atoms with Crippen LogP contribution in [0.4, 0.5) is 13.2 Å². The first kappa shape index (κ1) is 10.2. The van der Waals surface area contributed by atoms with E-state index in [9.17, 15) is 13.2 Å². The van der Waals surface area contributed by atoms with Gasteiger partial charge in [-0.05, 0) is 28.1 Å². The van der Waals surface area contributed by atoms with Crippen molar-refractivity contribution in [3.05, 3.63) is 22.2 Å². The van der Waals surface area contributed by atoms with Crippen LogP contribution in [0.1, 0.15) is 5.56 Å². The van der Waals surface area contributed by atoms with Crippen molar-refractivity contribution in [2.75, 3.05) is 0 Å². The summed E-state index contributed by atoms with van der Waals surface area (Å²) in [6.07, 6.45) is -4.66. The van der Waals surface area contributed by atoms with Crippen LogP contribution in [-0.4, -0.2) is 10.2 Å². The van der Waals surface area contributed by atoms with Gasteiger partial charge in [0.2, 0.25) is 0 Å². The van der Waals surface area contributed by atoms with Gasteiger partial charge in [-0.25, -0.2) is 0 Å². The molecule has 0 aliphatic heterocycles. The second-order valence-corrected chi connectivity index (χ2v) is 3.17. The van der Waals surface area contributed by atoms with E-state index in [4.69, 9.17) is 10.2 Å². The van der Waals surface area contributed by atoms with E-state index < -0.39 is 23.2 Å². The third-order valence-electron chi connectivity index (χ3n) is 1.37. The number of phenols is 2. The summed E-state index contributed by atoms with van der Waals surface area (Å²) in [4.78, 5) is 0. The highest BCUT2D eigenvalue weighted by atomic mass is 79.9. The van der Waals surface area contributed by atoms with Crippen molar-refractivity contribution in [3.8, 4) is 11.5 Å². The van der Waals surface area contributed by atoms with E-state index in [0.29, 0.717) is 6.07 Å². The molecule has 1 rings (SSSR count). The number of phenolic OH excluding ortho intramolecular Hbond substituents is 2. The van der Waals surface area contributed by atoms with Crippen LogP contribution in [-0.2, 0) is 6.18 Å². The minimum Gasteiger partial charge on any atom is -0.507 e. The van der Waals surface area contributed by atoms with Crippen molar-refractivity contribution in [3.63, 3.8) is 0 Å². The highest BCUT2D eigenvalue weighted by Crippen LogP contribution is 2.40. The van der Waals surface area contributed by atoms with Crippen LogP contribution in [0.25, 0.3) is 0 Å². The lowest BCUT2D eigenvalue weighted by atomic mass is 10.2. The van der Waals surface area contributed by atoms with E-state index in [-0.39, 0.29) is 4.47 Å². The first-order valence-electron chi connectivity index (χ1n) is 3.11. The number of halogens is 4. The average molecular weight is 257 g/mol. The van der Waals surface area contributed by atoms with E-state index in [0.717, 1.165) is 6.07 Å². The van der Waals surface area contributed by atoms with Gasteiger partial charge in [-0.15, -0.1) is 0 Å². The lowest BCUT2D eigenvalue weighted by Gasteiger charge is -2.09. The summed E-state index contributed by atoms with van der Waals surface area (Å²) in [7, 11) is 0. The number of benzene rings is 1. The Hall–Kier alpha value is -0.910. The molecule has 0 fully saturated rings. The van der Waals surface area contributed by atoms with E-state index in [1.54, 1.807) is 0 Å². The normalized spacial score (nSPS) is 11.7. The van der Waals surface area contributed by atoms with Crippen molar-refractivity contribution < 1.29 is 23.4 Å². The Bertz CT molecular complexity index is 335. The van der Waals surface area contributed by atoms with Gasteiger partial charge in [-0.1, -0.05) is 0 Å². The molecule has 0 atom stereocenters. The second kappa shape index (κ2) is 3.10. The van der Waals surface area contributed by atoms with Gasteiger partial charge in [0, 0.05) is 0 Å². The molecule has 0 saturated carbocycles. The molecule has 0 aliphatic rings. The Morgan fingerprint density at radius 3 is 2.08 bits per heavy atom. The van der Waals surface area contributed by atoms with Gasteiger partial charge >= 0.3 is 6.18 Å². The maximum absolute atomic E-state index is 12.1. The highest BCUT2D eigenvalue weighted by molar-refractivity contribution is 9.10. The molecule has 1 aromatic rings. The van der Waals surface area contributed by atoms with Crippen LogP contribution in [0, 0.1) is 0 Å². The van der Waals surface area contributed by atoms with Gasteiger partial charge in [-0.2, -0.15) is 13.2 Å². The van der Waals surface area contributed by atoms with Crippen molar-refractivity contribution in [2.24, 2.45) is 0 Å². The third-order valence-corrected chi connectivity index (χ3v) is 2.01. The number of rotatable bonds is 0. The van der Waals surface area contributed by atoms with Crippen LogP contribution >= 0.6 is 15.9 Å². The predicted molar refractivity (Wildman–Crippen MR) is 42.5 cm³/mol.